The maximum atomic E-state index is 12.5. The summed E-state index contributed by atoms with van der Waals surface area (Å²) in [4.78, 5) is 14.2. The first-order valence-corrected chi connectivity index (χ1v) is 9.39. The number of rotatable bonds is 4. The molecule has 0 radical (unpaired) electrons. The quantitative estimate of drug-likeness (QED) is 0.907. The predicted octanol–water partition coefficient (Wildman–Crippen LogP) is 2.73. The lowest BCUT2D eigenvalue weighted by atomic mass is 10.2. The van der Waals surface area contributed by atoms with E-state index in [0.29, 0.717) is 18.0 Å². The molecular weight excluding hydrogens is 348 g/mol. The lowest BCUT2D eigenvalue weighted by molar-refractivity contribution is -0.118. The molecule has 1 aliphatic heterocycles. The van der Waals surface area contributed by atoms with Crippen molar-refractivity contribution in [3.63, 3.8) is 0 Å². The zero-order valence-corrected chi connectivity index (χ0v) is 14.6. The van der Waals surface area contributed by atoms with Crippen LogP contribution in [0, 0.1) is 6.92 Å². The number of amides is 1. The second-order valence-electron chi connectivity index (χ2n) is 5.75. The van der Waals surface area contributed by atoms with Crippen molar-refractivity contribution in [1.29, 1.82) is 0 Å². The van der Waals surface area contributed by atoms with E-state index in [1.807, 2.05) is 31.2 Å². The van der Waals surface area contributed by atoms with Gasteiger partial charge in [0, 0.05) is 17.3 Å². The van der Waals surface area contributed by atoms with Crippen LogP contribution in [0.2, 0.25) is 5.02 Å². The van der Waals surface area contributed by atoms with Gasteiger partial charge in [-0.2, -0.15) is 4.72 Å². The zero-order chi connectivity index (χ0) is 17.3. The SMILES string of the molecule is Cc1ccc(N2CC[C@H](NS(=O)(=O)c3cccc(Cl)c3)C2=O)cc1. The Labute approximate surface area is 146 Å². The van der Waals surface area contributed by atoms with Crippen molar-refractivity contribution in [2.24, 2.45) is 0 Å². The molecule has 2 aromatic carbocycles. The highest BCUT2D eigenvalue weighted by Gasteiger charge is 2.35. The van der Waals surface area contributed by atoms with Gasteiger partial charge in [-0.15, -0.1) is 0 Å². The van der Waals surface area contributed by atoms with E-state index in [-0.39, 0.29) is 10.8 Å². The summed E-state index contributed by atoms with van der Waals surface area (Å²) in [7, 11) is -3.79. The van der Waals surface area contributed by atoms with Gasteiger partial charge in [0.2, 0.25) is 15.9 Å². The number of nitrogens with zero attached hydrogens (tertiary/aromatic N) is 1. The van der Waals surface area contributed by atoms with E-state index in [0.717, 1.165) is 11.3 Å². The molecule has 24 heavy (non-hydrogen) atoms. The average molecular weight is 365 g/mol. The third-order valence-corrected chi connectivity index (χ3v) is 5.66. The molecule has 1 N–H and O–H groups in total. The summed E-state index contributed by atoms with van der Waals surface area (Å²) in [6.07, 6.45) is 0.423. The average Bonchev–Trinajstić information content (AvgIpc) is 2.89. The Morgan fingerprint density at radius 2 is 1.88 bits per heavy atom. The number of sulfonamides is 1. The van der Waals surface area contributed by atoms with Crippen LogP contribution in [0.25, 0.3) is 0 Å². The van der Waals surface area contributed by atoms with Crippen LogP contribution in [0.5, 0.6) is 0 Å². The molecular formula is C17H17ClN2O3S. The van der Waals surface area contributed by atoms with Gasteiger partial charge in [-0.25, -0.2) is 8.42 Å². The Morgan fingerprint density at radius 1 is 1.17 bits per heavy atom. The van der Waals surface area contributed by atoms with Gasteiger partial charge in [-0.3, -0.25) is 4.79 Å². The minimum atomic E-state index is -3.79. The van der Waals surface area contributed by atoms with Crippen LogP contribution >= 0.6 is 11.6 Å². The van der Waals surface area contributed by atoms with E-state index in [4.69, 9.17) is 11.6 Å². The first kappa shape index (κ1) is 17.0. The standard InChI is InChI=1S/C17H17ClN2O3S/c1-12-5-7-14(8-6-12)20-10-9-16(17(20)21)19-24(22,23)15-4-2-3-13(18)11-15/h2-8,11,16,19H,9-10H2,1H3/t16-/m0/s1. The van der Waals surface area contributed by atoms with E-state index < -0.39 is 16.1 Å². The van der Waals surface area contributed by atoms with Gasteiger partial charge in [-0.05, 0) is 43.7 Å². The number of aryl methyl sites for hydroxylation is 1. The Bertz CT molecular complexity index is 866. The molecule has 5 nitrogen and oxygen atoms in total. The molecule has 1 aliphatic rings. The van der Waals surface area contributed by atoms with Crippen LogP contribution in [-0.4, -0.2) is 26.9 Å². The van der Waals surface area contributed by atoms with Crippen LogP contribution in [0.15, 0.2) is 53.4 Å². The molecule has 7 heteroatoms. The second kappa shape index (κ2) is 6.55. The van der Waals surface area contributed by atoms with E-state index >= 15 is 0 Å². The largest absolute Gasteiger partial charge is 0.311 e. The minimum absolute atomic E-state index is 0.0524. The molecule has 1 fully saturated rings. The fraction of sp³-hybridized carbons (Fsp3) is 0.235. The molecule has 126 valence electrons. The summed E-state index contributed by atoms with van der Waals surface area (Å²) in [5, 5.41) is 0.330. The van der Waals surface area contributed by atoms with Crippen molar-refractivity contribution in [3.05, 3.63) is 59.1 Å². The van der Waals surface area contributed by atoms with Crippen LogP contribution < -0.4 is 9.62 Å². The van der Waals surface area contributed by atoms with E-state index in [2.05, 4.69) is 4.72 Å². The van der Waals surface area contributed by atoms with Gasteiger partial charge in [0.25, 0.3) is 0 Å². The van der Waals surface area contributed by atoms with Gasteiger partial charge in [-0.1, -0.05) is 35.4 Å². The summed E-state index contributed by atoms with van der Waals surface area (Å²) in [5.41, 5.74) is 1.87. The molecule has 3 rings (SSSR count). The molecule has 0 unspecified atom stereocenters. The molecule has 0 saturated carbocycles. The van der Waals surface area contributed by atoms with Crippen molar-refractivity contribution in [2.75, 3.05) is 11.4 Å². The predicted molar refractivity (Wildman–Crippen MR) is 93.7 cm³/mol. The summed E-state index contributed by atoms with van der Waals surface area (Å²) in [5.74, 6) is -0.246. The first-order chi connectivity index (χ1) is 11.4. The maximum absolute atomic E-state index is 12.5. The third-order valence-electron chi connectivity index (χ3n) is 3.95. The minimum Gasteiger partial charge on any atom is -0.311 e. The molecule has 1 atom stereocenters. The Hall–Kier alpha value is -1.89. The van der Waals surface area contributed by atoms with Crippen LogP contribution in [0.3, 0.4) is 0 Å². The van der Waals surface area contributed by atoms with Crippen molar-refractivity contribution < 1.29 is 13.2 Å². The molecule has 1 saturated heterocycles. The number of hydrogen-bond donors (Lipinski definition) is 1. The topological polar surface area (TPSA) is 66.5 Å². The monoisotopic (exact) mass is 364 g/mol. The Balaban J connectivity index is 1.77. The number of benzene rings is 2. The van der Waals surface area contributed by atoms with Crippen molar-refractivity contribution in [3.8, 4) is 0 Å². The molecule has 0 bridgehead atoms. The highest BCUT2D eigenvalue weighted by molar-refractivity contribution is 7.89. The number of carbonyl (C=O) groups excluding carboxylic acids is 1. The smallest absolute Gasteiger partial charge is 0.245 e. The van der Waals surface area contributed by atoms with Gasteiger partial charge in [0.15, 0.2) is 0 Å². The Morgan fingerprint density at radius 3 is 2.54 bits per heavy atom. The lowest BCUT2D eigenvalue weighted by Crippen LogP contribution is -2.41. The third kappa shape index (κ3) is 3.45. The zero-order valence-electron chi connectivity index (χ0n) is 13.1. The highest BCUT2D eigenvalue weighted by atomic mass is 35.5. The number of halogens is 1. The van der Waals surface area contributed by atoms with Crippen LogP contribution in [-0.2, 0) is 14.8 Å². The number of carbonyl (C=O) groups is 1. The molecule has 1 amide bonds. The summed E-state index contributed by atoms with van der Waals surface area (Å²) in [6.45, 7) is 2.45. The normalized spacial score (nSPS) is 18.2. The second-order valence-corrected chi connectivity index (χ2v) is 7.90. The highest BCUT2D eigenvalue weighted by Crippen LogP contribution is 2.23. The number of anilines is 1. The molecule has 0 spiro atoms. The summed E-state index contributed by atoms with van der Waals surface area (Å²) in [6, 6.07) is 12.8. The number of hydrogen-bond acceptors (Lipinski definition) is 3. The maximum Gasteiger partial charge on any atom is 0.245 e. The van der Waals surface area contributed by atoms with E-state index in [1.165, 1.54) is 12.1 Å². The van der Waals surface area contributed by atoms with Gasteiger partial charge in [0.1, 0.15) is 6.04 Å². The fourth-order valence-corrected chi connectivity index (χ4v) is 4.18. The van der Waals surface area contributed by atoms with Crippen LogP contribution in [0.4, 0.5) is 5.69 Å². The number of nitrogens with one attached hydrogen (secondary N) is 1. The van der Waals surface area contributed by atoms with Crippen LogP contribution in [0.1, 0.15) is 12.0 Å². The van der Waals surface area contributed by atoms with Gasteiger partial charge in [0.05, 0.1) is 4.90 Å². The van der Waals surface area contributed by atoms with Crippen molar-refractivity contribution in [2.45, 2.75) is 24.3 Å². The summed E-state index contributed by atoms with van der Waals surface area (Å²) < 4.78 is 27.3. The van der Waals surface area contributed by atoms with Crippen molar-refractivity contribution >= 4 is 33.2 Å². The van der Waals surface area contributed by atoms with Gasteiger partial charge >= 0.3 is 0 Å². The molecule has 1 heterocycles. The molecule has 2 aromatic rings. The fourth-order valence-electron chi connectivity index (χ4n) is 2.66. The first-order valence-electron chi connectivity index (χ1n) is 7.53. The van der Waals surface area contributed by atoms with E-state index in [9.17, 15) is 13.2 Å². The molecule has 0 aromatic heterocycles. The lowest BCUT2D eigenvalue weighted by Gasteiger charge is -2.17. The molecule has 0 aliphatic carbocycles. The van der Waals surface area contributed by atoms with E-state index in [1.54, 1.807) is 17.0 Å². The summed E-state index contributed by atoms with van der Waals surface area (Å²) >= 11 is 5.84. The van der Waals surface area contributed by atoms with Crippen molar-refractivity contribution in [1.82, 2.24) is 4.72 Å². The Kier molecular flexibility index (Phi) is 4.62. The van der Waals surface area contributed by atoms with Gasteiger partial charge < -0.3 is 4.90 Å².